The minimum Gasteiger partial charge on any atom is -0.0654 e. The molecule has 0 aromatic carbocycles. The van der Waals surface area contributed by atoms with E-state index in [9.17, 15) is 0 Å². The van der Waals surface area contributed by atoms with Crippen molar-refractivity contribution in [3.8, 4) is 0 Å². The van der Waals surface area contributed by atoms with Crippen LogP contribution in [0.3, 0.4) is 0 Å². The van der Waals surface area contributed by atoms with E-state index in [0.717, 1.165) is 6.42 Å². The molecule has 0 heterocycles. The van der Waals surface area contributed by atoms with Gasteiger partial charge < -0.3 is 0 Å². The van der Waals surface area contributed by atoms with E-state index in [1.165, 1.54) is 51.4 Å². The summed E-state index contributed by atoms with van der Waals surface area (Å²) < 4.78 is 0. The van der Waals surface area contributed by atoms with E-state index in [-0.39, 0.29) is 0 Å². The summed E-state index contributed by atoms with van der Waals surface area (Å²) in [5.41, 5.74) is 0. The smallest absolute Gasteiger partial charge is 0.0414 e. The lowest BCUT2D eigenvalue weighted by Crippen LogP contribution is -1.94. The van der Waals surface area contributed by atoms with Gasteiger partial charge in [0, 0.05) is 0 Å². The lowest BCUT2D eigenvalue weighted by atomic mass is 9.97. The molecule has 78 valence electrons. The van der Waals surface area contributed by atoms with Crippen LogP contribution in [0.15, 0.2) is 0 Å². The molecule has 0 N–H and O–H groups in total. The summed E-state index contributed by atoms with van der Waals surface area (Å²) in [6.07, 6.45) is 11.8. The summed E-state index contributed by atoms with van der Waals surface area (Å²) in [5, 5.41) is 0. The Bertz CT molecular complexity index is 86.0. The Morgan fingerprint density at radius 1 is 0.923 bits per heavy atom. The van der Waals surface area contributed by atoms with Crippen LogP contribution in [0.5, 0.6) is 0 Å². The normalized spacial score (nSPS) is 13.2. The Hall–Kier alpha value is 0. The first-order valence-corrected chi connectivity index (χ1v) is 5.93. The monoisotopic (exact) mass is 182 g/mol. The van der Waals surface area contributed by atoms with E-state index in [1.54, 1.807) is 0 Å². The Balaban J connectivity index is 3.03. The van der Waals surface area contributed by atoms with Crippen molar-refractivity contribution in [3.05, 3.63) is 13.8 Å². The molecule has 13 heavy (non-hydrogen) atoms. The van der Waals surface area contributed by atoms with Gasteiger partial charge in [0.25, 0.3) is 0 Å². The van der Waals surface area contributed by atoms with Gasteiger partial charge in [-0.05, 0) is 5.92 Å². The van der Waals surface area contributed by atoms with Crippen molar-refractivity contribution in [2.75, 3.05) is 0 Å². The van der Waals surface area contributed by atoms with Gasteiger partial charge in [-0.25, -0.2) is 0 Å². The lowest BCUT2D eigenvalue weighted by Gasteiger charge is -2.09. The van der Waals surface area contributed by atoms with Crippen LogP contribution in [0.25, 0.3) is 0 Å². The first-order chi connectivity index (χ1) is 6.31. The molecule has 0 bridgehead atoms. The van der Waals surface area contributed by atoms with Crippen molar-refractivity contribution in [2.24, 2.45) is 5.92 Å². The van der Waals surface area contributed by atoms with Gasteiger partial charge in [-0.15, -0.1) is 0 Å². The van der Waals surface area contributed by atoms with Gasteiger partial charge in [0.1, 0.15) is 0 Å². The third kappa shape index (κ3) is 9.92. The quantitative estimate of drug-likeness (QED) is 0.449. The van der Waals surface area contributed by atoms with Gasteiger partial charge in [0.15, 0.2) is 0 Å². The summed E-state index contributed by atoms with van der Waals surface area (Å²) in [7, 11) is 0. The van der Waals surface area contributed by atoms with E-state index < -0.39 is 0 Å². The fourth-order valence-corrected chi connectivity index (χ4v) is 1.60. The van der Waals surface area contributed by atoms with Crippen molar-refractivity contribution in [3.63, 3.8) is 0 Å². The van der Waals surface area contributed by atoms with Gasteiger partial charge >= 0.3 is 0 Å². The molecule has 1 unspecified atom stereocenters. The van der Waals surface area contributed by atoms with Gasteiger partial charge in [-0.3, -0.25) is 0 Å². The molecule has 0 rings (SSSR count). The molecule has 0 amide bonds. The summed E-state index contributed by atoms with van der Waals surface area (Å²) in [6.45, 7) is 10.3. The highest BCUT2D eigenvalue weighted by Gasteiger charge is 2.00. The van der Waals surface area contributed by atoms with E-state index in [0.29, 0.717) is 5.92 Å². The molecule has 0 aromatic rings. The largest absolute Gasteiger partial charge is 0.0654 e. The minimum atomic E-state index is 0.708. The second-order valence-corrected chi connectivity index (χ2v) is 4.06. The molecule has 0 spiro atoms. The van der Waals surface area contributed by atoms with Crippen LogP contribution in [0.4, 0.5) is 0 Å². The summed E-state index contributed by atoms with van der Waals surface area (Å²) in [4.78, 5) is 0. The van der Waals surface area contributed by atoms with Crippen LogP contribution in [-0.2, 0) is 0 Å². The SMILES string of the molecule is [CH2]CCCCCCC([CH2])CCCC. The minimum absolute atomic E-state index is 0.708. The second-order valence-electron chi connectivity index (χ2n) is 4.06. The van der Waals surface area contributed by atoms with Gasteiger partial charge in [0.05, 0.1) is 0 Å². The van der Waals surface area contributed by atoms with Crippen molar-refractivity contribution in [2.45, 2.75) is 64.7 Å². The molecule has 0 saturated carbocycles. The zero-order valence-electron chi connectivity index (χ0n) is 9.36. The molecular formula is C13H26. The van der Waals surface area contributed by atoms with E-state index in [1.807, 2.05) is 0 Å². The molecule has 0 aliphatic heterocycles. The first-order valence-electron chi connectivity index (χ1n) is 5.93. The standard InChI is InChI=1S/C13H26/c1-4-6-8-9-10-12-13(3)11-7-5-2/h13H,1,3-12H2,2H3. The Kier molecular flexibility index (Phi) is 10.1. The molecule has 0 aromatic heterocycles. The third-order valence-corrected chi connectivity index (χ3v) is 2.58. The predicted molar refractivity (Wildman–Crippen MR) is 61.4 cm³/mol. The van der Waals surface area contributed by atoms with Gasteiger partial charge in [0.2, 0.25) is 0 Å². The van der Waals surface area contributed by atoms with Crippen LogP contribution in [0.2, 0.25) is 0 Å². The Morgan fingerprint density at radius 3 is 2.15 bits per heavy atom. The van der Waals surface area contributed by atoms with Crippen LogP contribution in [0.1, 0.15) is 64.7 Å². The first kappa shape index (κ1) is 13.0. The third-order valence-electron chi connectivity index (χ3n) is 2.58. The molecule has 0 fully saturated rings. The molecule has 0 heteroatoms. The molecule has 2 radical (unpaired) electrons. The van der Waals surface area contributed by atoms with Gasteiger partial charge in [-0.1, -0.05) is 78.6 Å². The Morgan fingerprint density at radius 2 is 1.54 bits per heavy atom. The maximum absolute atomic E-state index is 4.18. The van der Waals surface area contributed by atoms with Crippen molar-refractivity contribution >= 4 is 0 Å². The lowest BCUT2D eigenvalue weighted by molar-refractivity contribution is 0.479. The summed E-state index contributed by atoms with van der Waals surface area (Å²) in [6, 6.07) is 0. The zero-order chi connectivity index (χ0) is 9.94. The number of hydrogen-bond donors (Lipinski definition) is 0. The molecule has 0 aliphatic carbocycles. The second kappa shape index (κ2) is 10.1. The van der Waals surface area contributed by atoms with Crippen LogP contribution >= 0.6 is 0 Å². The average Bonchev–Trinajstić information content (AvgIpc) is 2.14. The highest BCUT2D eigenvalue weighted by Crippen LogP contribution is 2.15. The number of rotatable bonds is 9. The van der Waals surface area contributed by atoms with Crippen molar-refractivity contribution < 1.29 is 0 Å². The van der Waals surface area contributed by atoms with Crippen molar-refractivity contribution in [1.29, 1.82) is 0 Å². The van der Waals surface area contributed by atoms with Crippen LogP contribution in [0, 0.1) is 19.8 Å². The van der Waals surface area contributed by atoms with Crippen LogP contribution < -0.4 is 0 Å². The molecule has 0 nitrogen and oxygen atoms in total. The van der Waals surface area contributed by atoms with Crippen molar-refractivity contribution in [1.82, 2.24) is 0 Å². The van der Waals surface area contributed by atoms with Crippen LogP contribution in [-0.4, -0.2) is 0 Å². The number of hydrogen-bond acceptors (Lipinski definition) is 0. The highest BCUT2D eigenvalue weighted by atomic mass is 14.1. The predicted octanol–water partition coefficient (Wildman–Crippen LogP) is 4.80. The maximum Gasteiger partial charge on any atom is -0.0414 e. The molecule has 1 atom stereocenters. The molecule has 0 saturated heterocycles. The fourth-order valence-electron chi connectivity index (χ4n) is 1.60. The summed E-state index contributed by atoms with van der Waals surface area (Å²) in [5.74, 6) is 0.708. The van der Waals surface area contributed by atoms with E-state index in [4.69, 9.17) is 0 Å². The topological polar surface area (TPSA) is 0 Å². The highest BCUT2D eigenvalue weighted by molar-refractivity contribution is 4.61. The molecule has 0 aliphatic rings. The summed E-state index contributed by atoms with van der Waals surface area (Å²) >= 11 is 0. The number of unbranched alkanes of at least 4 members (excludes halogenated alkanes) is 5. The zero-order valence-corrected chi connectivity index (χ0v) is 9.36. The fraction of sp³-hybridized carbons (Fsp3) is 0.846. The van der Waals surface area contributed by atoms with Gasteiger partial charge in [-0.2, -0.15) is 0 Å². The Labute approximate surface area is 85.1 Å². The maximum atomic E-state index is 4.18. The van der Waals surface area contributed by atoms with E-state index >= 15 is 0 Å². The average molecular weight is 182 g/mol. The molecular weight excluding hydrogens is 156 g/mol. The van der Waals surface area contributed by atoms with E-state index in [2.05, 4.69) is 20.8 Å².